The maximum absolute atomic E-state index is 12.6. The Kier molecular flexibility index (Phi) is 5.00. The van der Waals surface area contributed by atoms with Gasteiger partial charge in [-0.2, -0.15) is 0 Å². The molecule has 3 heterocycles. The first-order chi connectivity index (χ1) is 10.6. The number of carbonyl (C=O) groups excluding carboxylic acids is 1. The van der Waals surface area contributed by atoms with Crippen LogP contribution in [-0.4, -0.2) is 64.7 Å². The number of carbonyl (C=O) groups is 1. The van der Waals surface area contributed by atoms with Crippen molar-refractivity contribution in [3.05, 3.63) is 17.2 Å². The van der Waals surface area contributed by atoms with Crippen LogP contribution in [0.5, 0.6) is 0 Å². The highest BCUT2D eigenvalue weighted by Gasteiger charge is 2.30. The van der Waals surface area contributed by atoms with E-state index in [9.17, 15) is 4.79 Å². The topological polar surface area (TPSA) is 50.6 Å². The quantitative estimate of drug-likeness (QED) is 0.836. The lowest BCUT2D eigenvalue weighted by atomic mass is 9.96. The highest BCUT2D eigenvalue weighted by molar-refractivity contribution is 6.29. The number of rotatable bonds is 3. The molecular formula is C15H23ClN4O2. The Morgan fingerprint density at radius 2 is 2.18 bits per heavy atom. The van der Waals surface area contributed by atoms with Gasteiger partial charge >= 0.3 is 0 Å². The maximum Gasteiger partial charge on any atom is 0.227 e. The monoisotopic (exact) mass is 326 g/mol. The van der Waals surface area contributed by atoms with Gasteiger partial charge in [0, 0.05) is 26.7 Å². The number of hydrogen-bond donors (Lipinski definition) is 0. The van der Waals surface area contributed by atoms with Crippen LogP contribution >= 0.6 is 11.6 Å². The number of nitrogens with zero attached hydrogens (tertiary/aromatic N) is 4. The Morgan fingerprint density at radius 1 is 1.41 bits per heavy atom. The second-order valence-electron chi connectivity index (χ2n) is 6.07. The number of amides is 1. The minimum atomic E-state index is 0.0996. The molecule has 2 aliphatic rings. The van der Waals surface area contributed by atoms with Gasteiger partial charge in [-0.3, -0.25) is 9.69 Å². The molecule has 0 N–H and O–H groups in total. The summed E-state index contributed by atoms with van der Waals surface area (Å²) in [6.45, 7) is 5.34. The molecule has 122 valence electrons. The van der Waals surface area contributed by atoms with Crippen molar-refractivity contribution in [3.8, 4) is 0 Å². The van der Waals surface area contributed by atoms with E-state index in [2.05, 4.69) is 9.88 Å². The van der Waals surface area contributed by atoms with Crippen molar-refractivity contribution in [2.45, 2.75) is 19.4 Å². The minimum absolute atomic E-state index is 0.0996. The van der Waals surface area contributed by atoms with E-state index in [4.69, 9.17) is 16.3 Å². The van der Waals surface area contributed by atoms with Crippen molar-refractivity contribution < 1.29 is 9.53 Å². The van der Waals surface area contributed by atoms with Crippen molar-refractivity contribution in [1.29, 1.82) is 0 Å². The molecule has 0 radical (unpaired) electrons. The van der Waals surface area contributed by atoms with Crippen LogP contribution in [0.25, 0.3) is 0 Å². The Labute approximate surface area is 136 Å². The zero-order valence-corrected chi connectivity index (χ0v) is 13.8. The lowest BCUT2D eigenvalue weighted by Crippen LogP contribution is -2.48. The van der Waals surface area contributed by atoms with Gasteiger partial charge < -0.3 is 14.2 Å². The van der Waals surface area contributed by atoms with E-state index in [-0.39, 0.29) is 11.8 Å². The van der Waals surface area contributed by atoms with Crippen LogP contribution in [0.3, 0.4) is 0 Å². The standard InChI is InChI=1S/C15H23ClN4O2/c1-18-13(16)9-17-14(18)11-19-4-2-3-12(10-19)15(21)20-5-7-22-8-6-20/h9,12H,2-8,10-11H2,1H3/t12-/m1/s1. The second kappa shape index (κ2) is 6.98. The summed E-state index contributed by atoms with van der Waals surface area (Å²) in [7, 11) is 1.92. The smallest absolute Gasteiger partial charge is 0.227 e. The predicted octanol–water partition coefficient (Wildman–Crippen LogP) is 1.14. The van der Waals surface area contributed by atoms with E-state index in [0.717, 1.165) is 51.4 Å². The predicted molar refractivity (Wildman–Crippen MR) is 83.6 cm³/mol. The third-order valence-corrected chi connectivity index (χ3v) is 4.92. The molecule has 2 fully saturated rings. The first-order valence-electron chi connectivity index (χ1n) is 7.90. The summed E-state index contributed by atoms with van der Waals surface area (Å²) in [6, 6.07) is 0. The molecule has 2 saturated heterocycles. The summed E-state index contributed by atoms with van der Waals surface area (Å²) in [5, 5.41) is 0.646. The van der Waals surface area contributed by atoms with Crippen molar-refractivity contribution in [2.75, 3.05) is 39.4 Å². The van der Waals surface area contributed by atoms with E-state index < -0.39 is 0 Å². The molecule has 7 heteroatoms. The summed E-state index contributed by atoms with van der Waals surface area (Å²) in [6.07, 6.45) is 3.71. The molecule has 0 aliphatic carbocycles. The van der Waals surface area contributed by atoms with Gasteiger partial charge in [-0.25, -0.2) is 4.98 Å². The van der Waals surface area contributed by atoms with Gasteiger partial charge in [-0.05, 0) is 19.4 Å². The SMILES string of the molecule is Cn1c(Cl)cnc1CN1CCC[C@@H](C(=O)N2CCOCC2)C1. The van der Waals surface area contributed by atoms with E-state index in [0.29, 0.717) is 18.4 Å². The van der Waals surface area contributed by atoms with Gasteiger partial charge in [0.1, 0.15) is 11.0 Å². The highest BCUT2D eigenvalue weighted by atomic mass is 35.5. The summed E-state index contributed by atoms with van der Waals surface area (Å²) in [5.41, 5.74) is 0. The molecule has 0 saturated carbocycles. The van der Waals surface area contributed by atoms with Crippen LogP contribution in [0.1, 0.15) is 18.7 Å². The molecule has 2 aliphatic heterocycles. The van der Waals surface area contributed by atoms with E-state index in [1.54, 1.807) is 6.20 Å². The largest absolute Gasteiger partial charge is 0.378 e. The number of aromatic nitrogens is 2. The van der Waals surface area contributed by atoms with Crippen molar-refractivity contribution in [3.63, 3.8) is 0 Å². The van der Waals surface area contributed by atoms with E-state index >= 15 is 0 Å². The van der Waals surface area contributed by atoms with E-state index in [1.807, 2.05) is 16.5 Å². The van der Waals surface area contributed by atoms with Crippen LogP contribution < -0.4 is 0 Å². The fourth-order valence-electron chi connectivity index (χ4n) is 3.21. The number of ether oxygens (including phenoxy) is 1. The average Bonchev–Trinajstić information content (AvgIpc) is 2.87. The summed E-state index contributed by atoms with van der Waals surface area (Å²) in [4.78, 5) is 21.2. The zero-order chi connectivity index (χ0) is 15.5. The lowest BCUT2D eigenvalue weighted by Gasteiger charge is -2.36. The number of morpholine rings is 1. The van der Waals surface area contributed by atoms with Crippen LogP contribution in [-0.2, 0) is 23.1 Å². The average molecular weight is 327 g/mol. The fraction of sp³-hybridized carbons (Fsp3) is 0.733. The zero-order valence-electron chi connectivity index (χ0n) is 13.0. The molecule has 3 rings (SSSR count). The van der Waals surface area contributed by atoms with Crippen LogP contribution in [0.2, 0.25) is 5.15 Å². The summed E-state index contributed by atoms with van der Waals surface area (Å²) in [5.74, 6) is 1.33. The van der Waals surface area contributed by atoms with Gasteiger partial charge in [0.2, 0.25) is 5.91 Å². The molecule has 0 spiro atoms. The third-order valence-electron chi connectivity index (χ3n) is 4.57. The summed E-state index contributed by atoms with van der Waals surface area (Å²) < 4.78 is 7.22. The lowest BCUT2D eigenvalue weighted by molar-refractivity contribution is -0.141. The van der Waals surface area contributed by atoms with Gasteiger partial charge in [-0.1, -0.05) is 11.6 Å². The van der Waals surface area contributed by atoms with Crippen LogP contribution in [0.15, 0.2) is 6.20 Å². The molecule has 1 aromatic rings. The first-order valence-corrected chi connectivity index (χ1v) is 8.28. The van der Waals surface area contributed by atoms with Crippen molar-refractivity contribution in [1.82, 2.24) is 19.4 Å². The molecule has 1 aromatic heterocycles. The number of likely N-dealkylation sites (tertiary alicyclic amines) is 1. The Hall–Kier alpha value is -1.11. The molecular weight excluding hydrogens is 304 g/mol. The number of imidazole rings is 1. The Balaban J connectivity index is 1.59. The van der Waals surface area contributed by atoms with Crippen molar-refractivity contribution >= 4 is 17.5 Å². The Morgan fingerprint density at radius 3 is 2.86 bits per heavy atom. The Bertz CT molecular complexity index is 528. The molecule has 6 nitrogen and oxygen atoms in total. The van der Waals surface area contributed by atoms with Crippen LogP contribution in [0.4, 0.5) is 0 Å². The van der Waals surface area contributed by atoms with Crippen LogP contribution in [0, 0.1) is 5.92 Å². The molecule has 0 unspecified atom stereocenters. The third kappa shape index (κ3) is 3.45. The van der Waals surface area contributed by atoms with Crippen molar-refractivity contribution in [2.24, 2.45) is 13.0 Å². The van der Waals surface area contributed by atoms with Gasteiger partial charge in [0.15, 0.2) is 0 Å². The molecule has 1 atom stereocenters. The van der Waals surface area contributed by atoms with Gasteiger partial charge in [0.25, 0.3) is 0 Å². The summed E-state index contributed by atoms with van der Waals surface area (Å²) >= 11 is 6.04. The molecule has 0 aromatic carbocycles. The fourth-order valence-corrected chi connectivity index (χ4v) is 3.36. The highest BCUT2D eigenvalue weighted by Crippen LogP contribution is 2.21. The first kappa shape index (κ1) is 15.8. The second-order valence-corrected chi connectivity index (χ2v) is 6.46. The molecule has 22 heavy (non-hydrogen) atoms. The number of piperidine rings is 1. The molecule has 0 bridgehead atoms. The van der Waals surface area contributed by atoms with Gasteiger partial charge in [-0.15, -0.1) is 0 Å². The van der Waals surface area contributed by atoms with Gasteiger partial charge in [0.05, 0.1) is 31.9 Å². The minimum Gasteiger partial charge on any atom is -0.378 e. The normalized spacial score (nSPS) is 23.7. The number of hydrogen-bond acceptors (Lipinski definition) is 4. The number of halogens is 1. The maximum atomic E-state index is 12.6. The van der Waals surface area contributed by atoms with E-state index in [1.165, 1.54) is 0 Å². The molecule has 1 amide bonds.